The molecule has 26 heavy (non-hydrogen) atoms. The van der Waals surface area contributed by atoms with Gasteiger partial charge in [0.1, 0.15) is 12.9 Å². The first-order valence-electron chi connectivity index (χ1n) is 8.30. The van der Waals surface area contributed by atoms with Crippen LogP contribution in [0.25, 0.3) is 0 Å². The highest BCUT2D eigenvalue weighted by Crippen LogP contribution is 2.05. The van der Waals surface area contributed by atoms with E-state index in [1.807, 2.05) is 42.8 Å². The van der Waals surface area contributed by atoms with E-state index in [4.69, 9.17) is 0 Å². The van der Waals surface area contributed by atoms with E-state index in [2.05, 4.69) is 31.1 Å². The monoisotopic (exact) mass is 471 g/mol. The van der Waals surface area contributed by atoms with Crippen LogP contribution in [-0.4, -0.2) is 46.8 Å². The van der Waals surface area contributed by atoms with Crippen LogP contribution in [0.5, 0.6) is 0 Å². The molecule has 1 heterocycles. The fraction of sp³-hybridized carbons (Fsp3) is 0.412. The summed E-state index contributed by atoms with van der Waals surface area (Å²) in [5.74, 6) is 1.46. The Morgan fingerprint density at radius 1 is 1.31 bits per heavy atom. The summed E-state index contributed by atoms with van der Waals surface area (Å²) in [7, 11) is 3.53. The van der Waals surface area contributed by atoms with Crippen LogP contribution in [0, 0.1) is 0 Å². The molecule has 0 radical (unpaired) electrons. The summed E-state index contributed by atoms with van der Waals surface area (Å²) in [4.78, 5) is 16.2. The van der Waals surface area contributed by atoms with E-state index in [0.717, 1.165) is 30.3 Å². The van der Waals surface area contributed by atoms with Crippen molar-refractivity contribution in [2.75, 3.05) is 20.1 Å². The molecule has 0 aliphatic heterocycles. The Bertz CT molecular complexity index is 729. The molecule has 0 saturated heterocycles. The maximum absolute atomic E-state index is 11.7. The van der Waals surface area contributed by atoms with E-state index < -0.39 is 0 Å². The van der Waals surface area contributed by atoms with Gasteiger partial charge in [0.2, 0.25) is 0 Å². The number of amides is 1. The van der Waals surface area contributed by atoms with Gasteiger partial charge < -0.3 is 20.5 Å². The Hall–Kier alpha value is -2.17. The summed E-state index contributed by atoms with van der Waals surface area (Å²) in [6, 6.07) is 7.62. The third-order valence-corrected chi connectivity index (χ3v) is 3.65. The van der Waals surface area contributed by atoms with Crippen LogP contribution in [0.15, 0.2) is 35.6 Å². The zero-order chi connectivity index (χ0) is 18.1. The molecular formula is C17H26IN7O. The standard InChI is InChI=1S/C17H25N7O.HI/c1-4-19-17(21-11-15-23-22-12-24(15)3)20-9-8-13-6-5-7-14(10-13)16(25)18-2;/h5-7,10,12H,4,8-9,11H2,1-3H3,(H,18,25)(H2,19,20,21);1H. The lowest BCUT2D eigenvalue weighted by Crippen LogP contribution is -2.38. The van der Waals surface area contributed by atoms with Gasteiger partial charge in [0.15, 0.2) is 11.8 Å². The summed E-state index contributed by atoms with van der Waals surface area (Å²) < 4.78 is 1.84. The molecule has 8 nitrogen and oxygen atoms in total. The highest BCUT2D eigenvalue weighted by molar-refractivity contribution is 14.0. The summed E-state index contributed by atoms with van der Waals surface area (Å²) in [6.45, 7) is 3.96. The van der Waals surface area contributed by atoms with Crippen molar-refractivity contribution >= 4 is 35.8 Å². The number of carbonyl (C=O) groups excluding carboxylic acids is 1. The second kappa shape index (κ2) is 11.4. The van der Waals surface area contributed by atoms with Gasteiger partial charge in [-0.3, -0.25) is 4.79 Å². The van der Waals surface area contributed by atoms with Gasteiger partial charge in [-0.25, -0.2) is 4.99 Å². The van der Waals surface area contributed by atoms with Gasteiger partial charge in [0, 0.05) is 32.7 Å². The summed E-state index contributed by atoms with van der Waals surface area (Å²) in [6.07, 6.45) is 2.45. The molecule has 0 bridgehead atoms. The molecule has 0 atom stereocenters. The normalized spacial score (nSPS) is 10.8. The second-order valence-electron chi connectivity index (χ2n) is 5.51. The van der Waals surface area contributed by atoms with Crippen LogP contribution in [0.4, 0.5) is 0 Å². The van der Waals surface area contributed by atoms with Crippen LogP contribution < -0.4 is 16.0 Å². The van der Waals surface area contributed by atoms with E-state index in [1.165, 1.54) is 0 Å². The number of guanidine groups is 1. The molecule has 2 aromatic rings. The minimum Gasteiger partial charge on any atom is -0.357 e. The molecule has 9 heteroatoms. The van der Waals surface area contributed by atoms with Crippen molar-refractivity contribution in [1.29, 1.82) is 0 Å². The molecule has 1 aromatic carbocycles. The van der Waals surface area contributed by atoms with Crippen molar-refractivity contribution in [2.24, 2.45) is 12.0 Å². The number of hydrogen-bond acceptors (Lipinski definition) is 4. The van der Waals surface area contributed by atoms with Crippen molar-refractivity contribution in [3.63, 3.8) is 0 Å². The minimum absolute atomic E-state index is 0. The predicted molar refractivity (Wildman–Crippen MR) is 113 cm³/mol. The van der Waals surface area contributed by atoms with Crippen molar-refractivity contribution in [3.8, 4) is 0 Å². The number of halogens is 1. The van der Waals surface area contributed by atoms with Crippen molar-refractivity contribution in [2.45, 2.75) is 19.9 Å². The molecule has 0 aliphatic rings. The number of nitrogens with zero attached hydrogens (tertiary/aromatic N) is 4. The van der Waals surface area contributed by atoms with Crippen molar-refractivity contribution in [1.82, 2.24) is 30.7 Å². The molecule has 142 valence electrons. The van der Waals surface area contributed by atoms with E-state index in [-0.39, 0.29) is 29.9 Å². The molecule has 0 saturated carbocycles. The summed E-state index contributed by atoms with van der Waals surface area (Å²) in [5.41, 5.74) is 1.76. The SMILES string of the molecule is CCNC(=NCc1nncn1C)NCCc1cccc(C(=O)NC)c1.I. The fourth-order valence-corrected chi connectivity index (χ4v) is 2.28. The third kappa shape index (κ3) is 6.62. The number of hydrogen-bond donors (Lipinski definition) is 3. The molecule has 3 N–H and O–H groups in total. The average molecular weight is 471 g/mol. The number of rotatable bonds is 7. The zero-order valence-corrected chi connectivity index (χ0v) is 17.7. The topological polar surface area (TPSA) is 96.2 Å². The van der Waals surface area contributed by atoms with E-state index in [9.17, 15) is 4.79 Å². The van der Waals surface area contributed by atoms with Crippen LogP contribution in [-0.2, 0) is 20.0 Å². The Labute approximate surface area is 170 Å². The van der Waals surface area contributed by atoms with Gasteiger partial charge in [-0.15, -0.1) is 34.2 Å². The molecule has 2 rings (SSSR count). The average Bonchev–Trinajstić information content (AvgIpc) is 3.04. The van der Waals surface area contributed by atoms with Gasteiger partial charge in [-0.2, -0.15) is 0 Å². The number of aryl methyl sites for hydroxylation is 1. The van der Waals surface area contributed by atoms with Gasteiger partial charge in [-0.1, -0.05) is 12.1 Å². The van der Waals surface area contributed by atoms with E-state index in [0.29, 0.717) is 18.7 Å². The number of carbonyl (C=O) groups is 1. The number of aromatic nitrogens is 3. The zero-order valence-electron chi connectivity index (χ0n) is 15.3. The molecule has 1 amide bonds. The molecule has 0 unspecified atom stereocenters. The lowest BCUT2D eigenvalue weighted by molar-refractivity contribution is 0.0963. The number of aliphatic imine (C=N–C) groups is 1. The second-order valence-corrected chi connectivity index (χ2v) is 5.51. The third-order valence-electron chi connectivity index (χ3n) is 3.65. The minimum atomic E-state index is -0.0756. The first-order chi connectivity index (χ1) is 12.1. The van der Waals surface area contributed by atoms with Gasteiger partial charge >= 0.3 is 0 Å². The summed E-state index contributed by atoms with van der Waals surface area (Å²) in [5, 5.41) is 17.0. The largest absolute Gasteiger partial charge is 0.357 e. The number of nitrogens with one attached hydrogen (secondary N) is 3. The Kier molecular flexibility index (Phi) is 9.63. The van der Waals surface area contributed by atoms with E-state index in [1.54, 1.807) is 13.4 Å². The highest BCUT2D eigenvalue weighted by atomic mass is 127. The Morgan fingerprint density at radius 2 is 2.12 bits per heavy atom. The Morgan fingerprint density at radius 3 is 2.77 bits per heavy atom. The quantitative estimate of drug-likeness (QED) is 0.319. The molecule has 0 fully saturated rings. The maximum atomic E-state index is 11.7. The van der Waals surface area contributed by atoms with Crippen LogP contribution in [0.3, 0.4) is 0 Å². The lowest BCUT2D eigenvalue weighted by atomic mass is 10.1. The van der Waals surface area contributed by atoms with Crippen molar-refractivity contribution < 1.29 is 4.79 Å². The molecule has 0 spiro atoms. The predicted octanol–water partition coefficient (Wildman–Crippen LogP) is 1.09. The first-order valence-corrected chi connectivity index (χ1v) is 8.30. The fourth-order valence-electron chi connectivity index (χ4n) is 2.28. The van der Waals surface area contributed by atoms with Crippen molar-refractivity contribution in [3.05, 3.63) is 47.5 Å². The first kappa shape index (κ1) is 21.9. The van der Waals surface area contributed by atoms with Gasteiger partial charge in [0.25, 0.3) is 5.91 Å². The molecular weight excluding hydrogens is 445 g/mol. The number of benzene rings is 1. The van der Waals surface area contributed by atoms with Crippen LogP contribution >= 0.6 is 24.0 Å². The van der Waals surface area contributed by atoms with Gasteiger partial charge in [-0.05, 0) is 31.0 Å². The van der Waals surface area contributed by atoms with Crippen LogP contribution in [0.1, 0.15) is 28.7 Å². The maximum Gasteiger partial charge on any atom is 0.251 e. The molecule has 1 aromatic heterocycles. The lowest BCUT2D eigenvalue weighted by Gasteiger charge is -2.11. The van der Waals surface area contributed by atoms with E-state index >= 15 is 0 Å². The molecule has 0 aliphatic carbocycles. The highest BCUT2D eigenvalue weighted by Gasteiger charge is 2.05. The Balaban J connectivity index is 0.00000338. The smallest absolute Gasteiger partial charge is 0.251 e. The summed E-state index contributed by atoms with van der Waals surface area (Å²) >= 11 is 0. The van der Waals surface area contributed by atoms with Crippen LogP contribution in [0.2, 0.25) is 0 Å². The van der Waals surface area contributed by atoms with Gasteiger partial charge in [0.05, 0.1) is 0 Å².